The Morgan fingerprint density at radius 2 is 2.09 bits per heavy atom. The lowest BCUT2D eigenvalue weighted by atomic mass is 10.1. The first-order valence-electron chi connectivity index (χ1n) is 7.14. The maximum Gasteiger partial charge on any atom is 0.262 e. The van der Waals surface area contributed by atoms with E-state index in [-0.39, 0.29) is 10.8 Å². The van der Waals surface area contributed by atoms with E-state index < -0.39 is 0 Å². The molecule has 0 amide bonds. The number of rotatable bonds is 4. The van der Waals surface area contributed by atoms with Crippen molar-refractivity contribution in [2.45, 2.75) is 23.8 Å². The molecule has 4 nitrogen and oxygen atoms in total. The highest BCUT2D eigenvalue weighted by Crippen LogP contribution is 2.25. The van der Waals surface area contributed by atoms with Crippen molar-refractivity contribution >= 4 is 33.3 Å². The number of hydrogen-bond donors (Lipinski definition) is 0. The standard InChI is InChI=1S/C17H15N3OS2/c1-11-3-5-12(6-4-11)9-13(10-18)23-17-19-15-14(7-8-22-15)16(21)20(17)2/h3-8,13H,9H2,1-2H3/t13-/m1/s1. The summed E-state index contributed by atoms with van der Waals surface area (Å²) in [7, 11) is 1.70. The van der Waals surface area contributed by atoms with Gasteiger partial charge in [0.25, 0.3) is 5.56 Å². The van der Waals surface area contributed by atoms with E-state index in [1.807, 2.05) is 36.6 Å². The van der Waals surface area contributed by atoms with Gasteiger partial charge in [-0.3, -0.25) is 9.36 Å². The number of hydrogen-bond acceptors (Lipinski definition) is 5. The third kappa shape index (κ3) is 3.31. The number of aryl methyl sites for hydroxylation is 1. The summed E-state index contributed by atoms with van der Waals surface area (Å²) >= 11 is 2.79. The number of benzene rings is 1. The Bertz CT molecular complexity index is 935. The molecule has 0 aliphatic heterocycles. The van der Waals surface area contributed by atoms with Crippen molar-refractivity contribution in [3.63, 3.8) is 0 Å². The van der Waals surface area contributed by atoms with Crippen molar-refractivity contribution in [3.8, 4) is 6.07 Å². The molecule has 0 aliphatic rings. The molecule has 0 aliphatic carbocycles. The number of thiophene rings is 1. The van der Waals surface area contributed by atoms with Gasteiger partial charge in [0.15, 0.2) is 5.16 Å². The second kappa shape index (κ2) is 6.57. The summed E-state index contributed by atoms with van der Waals surface area (Å²) in [5.41, 5.74) is 2.24. The summed E-state index contributed by atoms with van der Waals surface area (Å²) in [6, 6.07) is 12.3. The van der Waals surface area contributed by atoms with E-state index in [9.17, 15) is 10.1 Å². The molecule has 6 heteroatoms. The van der Waals surface area contributed by atoms with Crippen LogP contribution in [0.15, 0.2) is 45.7 Å². The van der Waals surface area contributed by atoms with Crippen LogP contribution < -0.4 is 5.56 Å². The van der Waals surface area contributed by atoms with Crippen molar-refractivity contribution in [1.29, 1.82) is 5.26 Å². The number of nitrogens with zero attached hydrogens (tertiary/aromatic N) is 3. The van der Waals surface area contributed by atoms with Gasteiger partial charge in [0, 0.05) is 7.05 Å². The number of nitriles is 1. The van der Waals surface area contributed by atoms with Gasteiger partial charge in [-0.1, -0.05) is 41.6 Å². The van der Waals surface area contributed by atoms with Crippen LogP contribution in [0.2, 0.25) is 0 Å². The van der Waals surface area contributed by atoms with E-state index in [2.05, 4.69) is 11.1 Å². The van der Waals surface area contributed by atoms with Gasteiger partial charge in [-0.15, -0.1) is 11.3 Å². The highest BCUT2D eigenvalue weighted by atomic mass is 32.2. The summed E-state index contributed by atoms with van der Waals surface area (Å²) in [5, 5.41) is 12.3. The molecule has 0 saturated carbocycles. The maximum absolute atomic E-state index is 12.3. The van der Waals surface area contributed by atoms with Gasteiger partial charge in [0.05, 0.1) is 11.5 Å². The van der Waals surface area contributed by atoms with Crippen molar-refractivity contribution in [2.75, 3.05) is 0 Å². The molecule has 0 N–H and O–H groups in total. The van der Waals surface area contributed by atoms with Gasteiger partial charge in [-0.2, -0.15) is 5.26 Å². The van der Waals surface area contributed by atoms with Gasteiger partial charge in [0.2, 0.25) is 0 Å². The molecule has 2 aromatic heterocycles. The molecule has 0 fully saturated rings. The highest BCUT2D eigenvalue weighted by molar-refractivity contribution is 8.00. The van der Waals surface area contributed by atoms with Crippen LogP contribution in [0.3, 0.4) is 0 Å². The summed E-state index contributed by atoms with van der Waals surface area (Å²) in [6.45, 7) is 2.04. The van der Waals surface area contributed by atoms with Gasteiger partial charge >= 0.3 is 0 Å². The normalized spacial score (nSPS) is 12.2. The van der Waals surface area contributed by atoms with Gasteiger partial charge in [-0.25, -0.2) is 4.98 Å². The van der Waals surface area contributed by atoms with Crippen molar-refractivity contribution in [3.05, 3.63) is 57.2 Å². The zero-order valence-corrected chi connectivity index (χ0v) is 14.4. The van der Waals surface area contributed by atoms with Gasteiger partial charge < -0.3 is 0 Å². The molecule has 1 aromatic carbocycles. The third-order valence-electron chi connectivity index (χ3n) is 3.60. The van der Waals surface area contributed by atoms with Crippen LogP contribution in [0, 0.1) is 18.3 Å². The third-order valence-corrected chi connectivity index (χ3v) is 5.54. The van der Waals surface area contributed by atoms with Crippen molar-refractivity contribution in [1.82, 2.24) is 9.55 Å². The first-order chi connectivity index (χ1) is 11.1. The molecular weight excluding hydrogens is 326 g/mol. The number of fused-ring (bicyclic) bond motifs is 1. The number of thioether (sulfide) groups is 1. The average molecular weight is 341 g/mol. The molecule has 0 unspecified atom stereocenters. The fourth-order valence-electron chi connectivity index (χ4n) is 2.26. The topological polar surface area (TPSA) is 58.7 Å². The quantitative estimate of drug-likeness (QED) is 0.538. The molecule has 0 spiro atoms. The van der Waals surface area contributed by atoms with E-state index in [4.69, 9.17) is 0 Å². The SMILES string of the molecule is Cc1ccc(C[C@H](C#N)Sc2nc3sccc3c(=O)n2C)cc1. The van der Waals surface area contributed by atoms with Crippen LogP contribution in [-0.2, 0) is 13.5 Å². The van der Waals surface area contributed by atoms with E-state index in [1.54, 1.807) is 13.1 Å². The minimum absolute atomic E-state index is 0.0641. The average Bonchev–Trinajstić information content (AvgIpc) is 3.02. The molecule has 0 radical (unpaired) electrons. The Labute approximate surface area is 142 Å². The molecule has 116 valence electrons. The predicted molar refractivity (Wildman–Crippen MR) is 95.0 cm³/mol. The van der Waals surface area contributed by atoms with Gasteiger partial charge in [0.1, 0.15) is 10.1 Å². The number of aromatic nitrogens is 2. The lowest BCUT2D eigenvalue weighted by Crippen LogP contribution is -2.20. The zero-order chi connectivity index (χ0) is 16.4. The van der Waals surface area contributed by atoms with Crippen molar-refractivity contribution < 1.29 is 0 Å². The summed E-state index contributed by atoms with van der Waals surface area (Å²) in [6.07, 6.45) is 0.625. The maximum atomic E-state index is 12.3. The Morgan fingerprint density at radius 1 is 1.35 bits per heavy atom. The van der Waals surface area contributed by atoms with Crippen LogP contribution in [0.1, 0.15) is 11.1 Å². The van der Waals surface area contributed by atoms with Crippen LogP contribution in [0.5, 0.6) is 0 Å². The minimum Gasteiger partial charge on any atom is -0.290 e. The minimum atomic E-state index is -0.284. The van der Waals surface area contributed by atoms with E-state index in [0.717, 1.165) is 10.4 Å². The fraction of sp³-hybridized carbons (Fsp3) is 0.235. The summed E-state index contributed by atoms with van der Waals surface area (Å²) in [5.74, 6) is 0. The fourth-order valence-corrected chi connectivity index (χ4v) is 4.04. The second-order valence-electron chi connectivity index (χ2n) is 5.32. The zero-order valence-electron chi connectivity index (χ0n) is 12.8. The Hall–Kier alpha value is -2.10. The van der Waals surface area contributed by atoms with Crippen LogP contribution in [-0.4, -0.2) is 14.8 Å². The lowest BCUT2D eigenvalue weighted by molar-refractivity contribution is 0.726. The highest BCUT2D eigenvalue weighted by Gasteiger charge is 2.16. The molecule has 0 saturated heterocycles. The molecule has 3 aromatic rings. The second-order valence-corrected chi connectivity index (χ2v) is 7.39. The largest absolute Gasteiger partial charge is 0.290 e. The molecule has 1 atom stereocenters. The van der Waals surface area contributed by atoms with Gasteiger partial charge in [-0.05, 0) is 30.4 Å². The van der Waals surface area contributed by atoms with Crippen LogP contribution in [0.25, 0.3) is 10.2 Å². The van der Waals surface area contributed by atoms with Crippen LogP contribution in [0.4, 0.5) is 0 Å². The molecule has 3 rings (SSSR count). The Kier molecular flexibility index (Phi) is 4.51. The van der Waals surface area contributed by atoms with E-state index in [0.29, 0.717) is 17.0 Å². The summed E-state index contributed by atoms with van der Waals surface area (Å²) in [4.78, 5) is 17.6. The molecule has 23 heavy (non-hydrogen) atoms. The Morgan fingerprint density at radius 3 is 2.78 bits per heavy atom. The molecular formula is C17H15N3OS2. The van der Waals surface area contributed by atoms with E-state index >= 15 is 0 Å². The Balaban J connectivity index is 1.87. The van der Waals surface area contributed by atoms with E-state index in [1.165, 1.54) is 33.2 Å². The molecule has 0 bridgehead atoms. The predicted octanol–water partition coefficient (Wildman–Crippen LogP) is 3.53. The monoisotopic (exact) mass is 341 g/mol. The lowest BCUT2D eigenvalue weighted by Gasteiger charge is -2.11. The van der Waals surface area contributed by atoms with Crippen LogP contribution >= 0.6 is 23.1 Å². The first-order valence-corrected chi connectivity index (χ1v) is 8.90. The molecule has 2 heterocycles. The summed E-state index contributed by atoms with van der Waals surface area (Å²) < 4.78 is 1.53. The first kappa shape index (κ1) is 15.8. The van der Waals surface area contributed by atoms with Crippen molar-refractivity contribution in [2.24, 2.45) is 7.05 Å². The smallest absolute Gasteiger partial charge is 0.262 e.